The molecule has 1 saturated heterocycles. The minimum absolute atomic E-state index is 0.0617. The molecule has 1 aliphatic heterocycles. The lowest BCUT2D eigenvalue weighted by Gasteiger charge is -2.39. The van der Waals surface area contributed by atoms with Gasteiger partial charge in [-0.15, -0.1) is 0 Å². The van der Waals surface area contributed by atoms with Gasteiger partial charge in [0.1, 0.15) is 0 Å². The van der Waals surface area contributed by atoms with E-state index in [1.807, 2.05) is 60.3 Å². The molecule has 1 fully saturated rings. The zero-order valence-electron chi connectivity index (χ0n) is 18.0. The highest BCUT2D eigenvalue weighted by molar-refractivity contribution is 7.20. The van der Waals surface area contributed by atoms with Crippen LogP contribution in [-0.2, 0) is 4.79 Å². The Morgan fingerprint density at radius 2 is 1.70 bits per heavy atom. The van der Waals surface area contributed by atoms with Gasteiger partial charge in [0.05, 0.1) is 10.2 Å². The molecule has 0 aliphatic carbocycles. The van der Waals surface area contributed by atoms with Crippen LogP contribution in [-0.4, -0.2) is 62.6 Å². The molecule has 1 atom stereocenters. The van der Waals surface area contributed by atoms with Crippen LogP contribution in [0.15, 0.2) is 73.1 Å². The Labute approximate surface area is 194 Å². The van der Waals surface area contributed by atoms with Crippen molar-refractivity contribution in [2.24, 2.45) is 0 Å². The maximum absolute atomic E-state index is 13.0. The van der Waals surface area contributed by atoms with Crippen LogP contribution in [0.1, 0.15) is 27.6 Å². The van der Waals surface area contributed by atoms with Crippen LogP contribution in [0.4, 0.5) is 0 Å². The monoisotopic (exact) mass is 458 g/mol. The lowest BCUT2D eigenvalue weighted by Crippen LogP contribution is -2.56. The van der Waals surface area contributed by atoms with Crippen molar-refractivity contribution in [3.05, 3.63) is 84.2 Å². The fourth-order valence-electron chi connectivity index (χ4n) is 4.09. The van der Waals surface area contributed by atoms with Crippen LogP contribution in [0.25, 0.3) is 15.3 Å². The minimum Gasteiger partial charge on any atom is -0.335 e. The molecule has 2 aromatic heterocycles. The van der Waals surface area contributed by atoms with Gasteiger partial charge in [0.15, 0.2) is 5.13 Å². The number of carbonyl (C=O) groups is 3. The van der Waals surface area contributed by atoms with Crippen molar-refractivity contribution in [2.75, 3.05) is 19.6 Å². The molecule has 0 radical (unpaired) electrons. The molecule has 33 heavy (non-hydrogen) atoms. The van der Waals surface area contributed by atoms with Gasteiger partial charge >= 0.3 is 0 Å². The fraction of sp³-hybridized carbons (Fsp3) is 0.200. The lowest BCUT2D eigenvalue weighted by molar-refractivity contribution is -0.130. The third kappa shape index (κ3) is 4.05. The maximum atomic E-state index is 13.0. The number of nitrogens with zero attached hydrogens (tertiary/aromatic N) is 4. The predicted octanol–water partition coefficient (Wildman–Crippen LogP) is 3.64. The van der Waals surface area contributed by atoms with Gasteiger partial charge in [0.2, 0.25) is 5.78 Å². The molecule has 4 aromatic rings. The van der Waals surface area contributed by atoms with Crippen molar-refractivity contribution in [3.8, 4) is 5.13 Å². The Kier molecular flexibility index (Phi) is 5.51. The number of fused-ring (bicyclic) bond motifs is 1. The number of carbonyl (C=O) groups excluding carboxylic acids is 3. The Hall–Kier alpha value is -3.78. The van der Waals surface area contributed by atoms with E-state index >= 15 is 0 Å². The smallest absolute Gasteiger partial charge is 0.295 e. The average molecular weight is 459 g/mol. The van der Waals surface area contributed by atoms with E-state index in [0.29, 0.717) is 36.3 Å². The first-order valence-electron chi connectivity index (χ1n) is 10.7. The molecule has 2 aromatic carbocycles. The van der Waals surface area contributed by atoms with E-state index in [4.69, 9.17) is 0 Å². The van der Waals surface area contributed by atoms with E-state index in [-0.39, 0.29) is 11.9 Å². The first-order chi connectivity index (χ1) is 16.0. The highest BCUT2D eigenvalue weighted by Crippen LogP contribution is 2.26. The number of benzene rings is 2. The molecule has 0 spiro atoms. The average Bonchev–Trinajstić information content (AvgIpc) is 3.52. The van der Waals surface area contributed by atoms with Crippen molar-refractivity contribution in [2.45, 2.75) is 13.0 Å². The third-order valence-electron chi connectivity index (χ3n) is 5.85. The number of amides is 2. The van der Waals surface area contributed by atoms with Crippen LogP contribution < -0.4 is 0 Å². The molecule has 0 bridgehead atoms. The molecule has 3 heterocycles. The number of rotatable bonds is 4. The highest BCUT2D eigenvalue weighted by Gasteiger charge is 2.33. The lowest BCUT2D eigenvalue weighted by atomic mass is 10.1. The Bertz CT molecular complexity index is 1330. The van der Waals surface area contributed by atoms with E-state index in [1.165, 1.54) is 11.3 Å². The molecule has 0 saturated carbocycles. The fourth-order valence-corrected chi connectivity index (χ4v) is 5.00. The largest absolute Gasteiger partial charge is 0.335 e. The highest BCUT2D eigenvalue weighted by atomic mass is 32.1. The standard InChI is InChI=1S/C25H22N4O3S/c1-17-16-28(23(31)18-7-3-2-4-8-18)13-14-29(17)24(32)22(30)19-9-10-21-20(15-19)26-25(33-21)27-11-5-6-12-27/h2-12,15,17H,13-14,16H2,1H3. The van der Waals surface area contributed by atoms with Gasteiger partial charge in [0.25, 0.3) is 11.8 Å². The van der Waals surface area contributed by atoms with Gasteiger partial charge in [0, 0.05) is 49.2 Å². The topological polar surface area (TPSA) is 75.5 Å². The van der Waals surface area contributed by atoms with E-state index < -0.39 is 11.7 Å². The van der Waals surface area contributed by atoms with Crippen molar-refractivity contribution in [1.82, 2.24) is 19.4 Å². The number of ketones is 1. The van der Waals surface area contributed by atoms with E-state index in [9.17, 15) is 14.4 Å². The quantitative estimate of drug-likeness (QED) is 0.346. The zero-order chi connectivity index (χ0) is 22.9. The second kappa shape index (κ2) is 8.63. The number of hydrogen-bond donors (Lipinski definition) is 0. The molecule has 2 amide bonds. The van der Waals surface area contributed by atoms with E-state index in [0.717, 1.165) is 9.83 Å². The molecule has 8 heteroatoms. The summed E-state index contributed by atoms with van der Waals surface area (Å²) in [6, 6.07) is 17.9. The summed E-state index contributed by atoms with van der Waals surface area (Å²) in [6.07, 6.45) is 3.83. The van der Waals surface area contributed by atoms with Crippen molar-refractivity contribution >= 4 is 39.2 Å². The predicted molar refractivity (Wildman–Crippen MR) is 127 cm³/mol. The van der Waals surface area contributed by atoms with Crippen LogP contribution >= 0.6 is 11.3 Å². The number of aromatic nitrogens is 2. The maximum Gasteiger partial charge on any atom is 0.295 e. The molecule has 1 aliphatic rings. The second-order valence-electron chi connectivity index (χ2n) is 8.06. The number of thiazole rings is 1. The second-order valence-corrected chi connectivity index (χ2v) is 9.07. The van der Waals surface area contributed by atoms with Crippen LogP contribution in [0, 0.1) is 0 Å². The first kappa shape index (κ1) is 21.1. The van der Waals surface area contributed by atoms with Crippen LogP contribution in [0.3, 0.4) is 0 Å². The van der Waals surface area contributed by atoms with Gasteiger partial charge in [-0.2, -0.15) is 0 Å². The van der Waals surface area contributed by atoms with Gasteiger partial charge < -0.3 is 14.4 Å². The summed E-state index contributed by atoms with van der Waals surface area (Å²) >= 11 is 1.52. The number of piperazine rings is 1. The third-order valence-corrected chi connectivity index (χ3v) is 6.90. The summed E-state index contributed by atoms with van der Waals surface area (Å²) in [4.78, 5) is 46.7. The summed E-state index contributed by atoms with van der Waals surface area (Å²) in [5, 5.41) is 0.804. The van der Waals surface area contributed by atoms with E-state index in [2.05, 4.69) is 4.98 Å². The van der Waals surface area contributed by atoms with Gasteiger partial charge in [-0.3, -0.25) is 14.4 Å². The minimum atomic E-state index is -0.554. The van der Waals surface area contributed by atoms with Crippen LogP contribution in [0.5, 0.6) is 0 Å². The molecular weight excluding hydrogens is 436 g/mol. The SMILES string of the molecule is CC1CN(C(=O)c2ccccc2)CCN1C(=O)C(=O)c1ccc2sc(-n3cccc3)nc2c1. The van der Waals surface area contributed by atoms with Crippen molar-refractivity contribution in [1.29, 1.82) is 0 Å². The first-order valence-corrected chi connectivity index (χ1v) is 11.6. The Morgan fingerprint density at radius 3 is 2.42 bits per heavy atom. The molecule has 166 valence electrons. The molecule has 1 unspecified atom stereocenters. The van der Waals surface area contributed by atoms with Gasteiger partial charge in [-0.05, 0) is 49.4 Å². The van der Waals surface area contributed by atoms with Gasteiger partial charge in [-0.25, -0.2) is 4.98 Å². The number of hydrogen-bond acceptors (Lipinski definition) is 5. The molecule has 0 N–H and O–H groups in total. The molecular formula is C25H22N4O3S. The Morgan fingerprint density at radius 1 is 0.939 bits per heavy atom. The van der Waals surface area contributed by atoms with Crippen molar-refractivity contribution in [3.63, 3.8) is 0 Å². The van der Waals surface area contributed by atoms with Gasteiger partial charge in [-0.1, -0.05) is 29.5 Å². The summed E-state index contributed by atoms with van der Waals surface area (Å²) in [7, 11) is 0. The van der Waals surface area contributed by atoms with Crippen molar-refractivity contribution < 1.29 is 14.4 Å². The molecule has 5 rings (SSSR count). The summed E-state index contributed by atoms with van der Waals surface area (Å²) in [6.45, 7) is 2.96. The summed E-state index contributed by atoms with van der Waals surface area (Å²) in [5.41, 5.74) is 1.64. The zero-order valence-corrected chi connectivity index (χ0v) is 18.9. The Balaban J connectivity index is 1.30. The summed E-state index contributed by atoms with van der Waals surface area (Å²) in [5.74, 6) is -1.16. The number of Topliss-reactive ketones (excluding diaryl/α,β-unsaturated/α-hetero) is 1. The normalized spacial score (nSPS) is 16.2. The molecule has 7 nitrogen and oxygen atoms in total. The van der Waals surface area contributed by atoms with Crippen LogP contribution in [0.2, 0.25) is 0 Å². The summed E-state index contributed by atoms with van der Waals surface area (Å²) < 4.78 is 2.86. The van der Waals surface area contributed by atoms with E-state index in [1.54, 1.807) is 34.1 Å².